The number of hydrogen-bond donors (Lipinski definition) is 1. The highest BCUT2D eigenvalue weighted by molar-refractivity contribution is 5.85. The zero-order chi connectivity index (χ0) is 15.3. The molecule has 114 valence electrons. The molecule has 1 saturated carbocycles. The first-order valence-electron chi connectivity index (χ1n) is 6.92. The number of nitrogens with zero attached hydrogens (tertiary/aromatic N) is 2. The fourth-order valence-corrected chi connectivity index (χ4v) is 2.75. The third kappa shape index (κ3) is 4.51. The number of carbonyl (C=O) groups is 3. The lowest BCUT2D eigenvalue weighted by molar-refractivity contribution is -0.143. The number of aliphatic carboxylic acids is 1. The average molecular weight is 284 g/mol. The van der Waals surface area contributed by atoms with Gasteiger partial charge in [0.25, 0.3) is 0 Å². The van der Waals surface area contributed by atoms with Crippen molar-refractivity contribution in [2.24, 2.45) is 5.41 Å². The van der Waals surface area contributed by atoms with Crippen molar-refractivity contribution in [1.29, 1.82) is 0 Å². The molecular formula is C14H24N2O4. The monoisotopic (exact) mass is 284 g/mol. The maximum absolute atomic E-state index is 12.2. The fraction of sp³-hybridized carbons (Fsp3) is 0.786. The Bertz CT molecular complexity index is 387. The first kappa shape index (κ1) is 16.5. The molecule has 0 radical (unpaired) electrons. The number of carboxylic acid groups (broad SMARTS) is 1. The maximum Gasteiger partial charge on any atom is 0.303 e. The van der Waals surface area contributed by atoms with E-state index in [0.717, 1.165) is 25.7 Å². The standard InChI is InChI=1S/C14H24N2O4/c1-15(2)12(18)10-16(3)11(17)8-14(9-13(19)20)6-4-5-7-14/h4-10H2,1-3H3,(H,19,20). The molecule has 1 fully saturated rings. The van der Waals surface area contributed by atoms with Crippen LogP contribution in [0.3, 0.4) is 0 Å². The molecule has 0 aromatic heterocycles. The largest absolute Gasteiger partial charge is 0.481 e. The summed E-state index contributed by atoms with van der Waals surface area (Å²) in [6.45, 7) is 0.0367. The summed E-state index contributed by atoms with van der Waals surface area (Å²) in [6.07, 6.45) is 3.76. The van der Waals surface area contributed by atoms with E-state index < -0.39 is 11.4 Å². The van der Waals surface area contributed by atoms with Crippen molar-refractivity contribution < 1.29 is 19.5 Å². The highest BCUT2D eigenvalue weighted by Crippen LogP contribution is 2.44. The third-order valence-corrected chi connectivity index (χ3v) is 4.01. The van der Waals surface area contributed by atoms with Crippen molar-refractivity contribution in [3.05, 3.63) is 0 Å². The average Bonchev–Trinajstić information content (AvgIpc) is 2.75. The van der Waals surface area contributed by atoms with Gasteiger partial charge in [0, 0.05) is 27.6 Å². The second-order valence-electron chi connectivity index (χ2n) is 5.99. The molecule has 1 rings (SSSR count). The van der Waals surface area contributed by atoms with Gasteiger partial charge in [-0.15, -0.1) is 0 Å². The molecule has 6 nitrogen and oxygen atoms in total. The molecule has 6 heteroatoms. The summed E-state index contributed by atoms with van der Waals surface area (Å²) in [7, 11) is 4.88. The van der Waals surface area contributed by atoms with E-state index in [4.69, 9.17) is 5.11 Å². The summed E-state index contributed by atoms with van der Waals surface area (Å²) < 4.78 is 0. The molecule has 2 amide bonds. The van der Waals surface area contributed by atoms with Gasteiger partial charge in [-0.1, -0.05) is 12.8 Å². The van der Waals surface area contributed by atoms with E-state index in [2.05, 4.69) is 0 Å². The minimum absolute atomic E-state index is 0.0359. The second kappa shape index (κ2) is 6.72. The van der Waals surface area contributed by atoms with Crippen LogP contribution in [0.25, 0.3) is 0 Å². The zero-order valence-corrected chi connectivity index (χ0v) is 12.5. The predicted octanol–water partition coefficient (Wildman–Crippen LogP) is 0.958. The molecule has 0 aliphatic heterocycles. The van der Waals surface area contributed by atoms with Crippen LogP contribution in [0.5, 0.6) is 0 Å². The first-order chi connectivity index (χ1) is 9.26. The molecule has 0 saturated heterocycles. The SMILES string of the molecule is CN(C)C(=O)CN(C)C(=O)CC1(CC(=O)O)CCCC1. The number of carbonyl (C=O) groups excluding carboxylic acids is 2. The van der Waals surface area contributed by atoms with Gasteiger partial charge in [0.2, 0.25) is 11.8 Å². The Hall–Kier alpha value is -1.59. The summed E-state index contributed by atoms with van der Waals surface area (Å²) in [4.78, 5) is 37.6. The van der Waals surface area contributed by atoms with Crippen molar-refractivity contribution in [3.8, 4) is 0 Å². The molecule has 0 spiro atoms. The molecule has 0 heterocycles. The Morgan fingerprint density at radius 1 is 1.00 bits per heavy atom. The lowest BCUT2D eigenvalue weighted by Gasteiger charge is -2.29. The van der Waals surface area contributed by atoms with Gasteiger partial charge in [-0.2, -0.15) is 0 Å². The molecular weight excluding hydrogens is 260 g/mol. The summed E-state index contributed by atoms with van der Waals surface area (Å²) >= 11 is 0. The Morgan fingerprint density at radius 3 is 2.00 bits per heavy atom. The summed E-state index contributed by atoms with van der Waals surface area (Å²) in [6, 6.07) is 0. The minimum Gasteiger partial charge on any atom is -0.481 e. The van der Waals surface area contributed by atoms with Crippen LogP contribution in [0.4, 0.5) is 0 Å². The Morgan fingerprint density at radius 2 is 1.55 bits per heavy atom. The van der Waals surface area contributed by atoms with E-state index in [0.29, 0.717) is 0 Å². The number of hydrogen-bond acceptors (Lipinski definition) is 3. The van der Waals surface area contributed by atoms with Crippen LogP contribution >= 0.6 is 0 Å². The zero-order valence-electron chi connectivity index (χ0n) is 12.5. The van der Waals surface area contributed by atoms with Gasteiger partial charge < -0.3 is 14.9 Å². The van der Waals surface area contributed by atoms with Gasteiger partial charge >= 0.3 is 5.97 Å². The smallest absolute Gasteiger partial charge is 0.303 e. The summed E-state index contributed by atoms with van der Waals surface area (Å²) in [5.74, 6) is -1.14. The number of amides is 2. The molecule has 1 aliphatic rings. The van der Waals surface area contributed by atoms with Crippen LogP contribution in [0.1, 0.15) is 38.5 Å². The molecule has 0 aromatic rings. The third-order valence-electron chi connectivity index (χ3n) is 4.01. The van der Waals surface area contributed by atoms with Crippen LogP contribution in [-0.4, -0.2) is 60.4 Å². The molecule has 0 atom stereocenters. The quantitative estimate of drug-likeness (QED) is 0.788. The van der Waals surface area contributed by atoms with E-state index in [1.807, 2.05) is 0 Å². The van der Waals surface area contributed by atoms with Crippen LogP contribution in [0.2, 0.25) is 0 Å². The number of carboxylic acids is 1. The second-order valence-corrected chi connectivity index (χ2v) is 5.99. The van der Waals surface area contributed by atoms with Gasteiger partial charge in [-0.25, -0.2) is 0 Å². The van der Waals surface area contributed by atoms with E-state index in [1.165, 1.54) is 9.80 Å². The number of likely N-dealkylation sites (N-methyl/N-ethyl adjacent to an activating group) is 2. The molecule has 1 N–H and O–H groups in total. The Balaban J connectivity index is 2.62. The molecule has 20 heavy (non-hydrogen) atoms. The van der Waals surface area contributed by atoms with Crippen molar-refractivity contribution in [2.75, 3.05) is 27.7 Å². The van der Waals surface area contributed by atoms with Crippen molar-refractivity contribution in [1.82, 2.24) is 9.80 Å². The molecule has 0 unspecified atom stereocenters. The van der Waals surface area contributed by atoms with Gasteiger partial charge in [-0.3, -0.25) is 14.4 Å². The Labute approximate surface area is 119 Å². The lowest BCUT2D eigenvalue weighted by atomic mass is 9.79. The van der Waals surface area contributed by atoms with Gasteiger partial charge in [-0.05, 0) is 18.3 Å². The van der Waals surface area contributed by atoms with Crippen molar-refractivity contribution in [3.63, 3.8) is 0 Å². The maximum atomic E-state index is 12.2. The fourth-order valence-electron chi connectivity index (χ4n) is 2.75. The van der Waals surface area contributed by atoms with Crippen LogP contribution in [-0.2, 0) is 14.4 Å². The van der Waals surface area contributed by atoms with Crippen molar-refractivity contribution >= 4 is 17.8 Å². The highest BCUT2D eigenvalue weighted by atomic mass is 16.4. The van der Waals surface area contributed by atoms with Gasteiger partial charge in [0.05, 0.1) is 13.0 Å². The van der Waals surface area contributed by atoms with E-state index in [9.17, 15) is 14.4 Å². The summed E-state index contributed by atoms with van der Waals surface area (Å²) in [5.41, 5.74) is -0.418. The lowest BCUT2D eigenvalue weighted by Crippen LogP contribution is -2.40. The normalized spacial score (nSPS) is 16.8. The highest BCUT2D eigenvalue weighted by Gasteiger charge is 2.38. The summed E-state index contributed by atoms with van der Waals surface area (Å²) in [5, 5.41) is 9.02. The molecule has 0 bridgehead atoms. The molecule has 0 aromatic carbocycles. The molecule has 1 aliphatic carbocycles. The van der Waals surface area contributed by atoms with Crippen LogP contribution in [0, 0.1) is 5.41 Å². The first-order valence-corrected chi connectivity index (χ1v) is 6.92. The van der Waals surface area contributed by atoms with E-state index >= 15 is 0 Å². The van der Waals surface area contributed by atoms with Crippen LogP contribution < -0.4 is 0 Å². The van der Waals surface area contributed by atoms with E-state index in [-0.39, 0.29) is 31.2 Å². The van der Waals surface area contributed by atoms with Crippen LogP contribution in [0.15, 0.2) is 0 Å². The van der Waals surface area contributed by atoms with Crippen molar-refractivity contribution in [2.45, 2.75) is 38.5 Å². The predicted molar refractivity (Wildman–Crippen MR) is 74.1 cm³/mol. The van der Waals surface area contributed by atoms with Gasteiger partial charge in [0.15, 0.2) is 0 Å². The Kier molecular flexibility index (Phi) is 5.53. The number of rotatable bonds is 6. The van der Waals surface area contributed by atoms with Gasteiger partial charge in [0.1, 0.15) is 0 Å². The minimum atomic E-state index is -0.855. The van der Waals surface area contributed by atoms with E-state index in [1.54, 1.807) is 21.1 Å². The topological polar surface area (TPSA) is 77.9 Å².